The second-order valence-electron chi connectivity index (χ2n) is 9.93. The molecule has 1 aromatic heterocycles. The lowest BCUT2D eigenvalue weighted by atomic mass is 10.0. The lowest BCUT2D eigenvalue weighted by Crippen LogP contribution is -2.44. The molecule has 38 heavy (non-hydrogen) atoms. The van der Waals surface area contributed by atoms with Crippen molar-refractivity contribution in [2.75, 3.05) is 37.3 Å². The number of aromatic nitrogens is 1. The summed E-state index contributed by atoms with van der Waals surface area (Å²) >= 11 is 15.3. The van der Waals surface area contributed by atoms with Crippen molar-refractivity contribution < 1.29 is 4.79 Å². The summed E-state index contributed by atoms with van der Waals surface area (Å²) in [6.45, 7) is 3.81. The number of hydrogen-bond donors (Lipinski definition) is 2. The maximum atomic E-state index is 12.6. The van der Waals surface area contributed by atoms with Crippen molar-refractivity contribution in [3.8, 4) is 11.3 Å². The van der Waals surface area contributed by atoms with Gasteiger partial charge < -0.3 is 10.2 Å². The van der Waals surface area contributed by atoms with E-state index in [0.717, 1.165) is 66.6 Å². The Bertz CT molecular complexity index is 1240. The van der Waals surface area contributed by atoms with Gasteiger partial charge in [-0.25, -0.2) is 4.98 Å². The highest BCUT2D eigenvalue weighted by Gasteiger charge is 2.22. The van der Waals surface area contributed by atoms with Gasteiger partial charge in [-0.15, -0.1) is 11.3 Å². The molecule has 202 valence electrons. The number of thiazole rings is 1. The fourth-order valence-corrected chi connectivity index (χ4v) is 7.01. The van der Waals surface area contributed by atoms with Gasteiger partial charge in [0.15, 0.2) is 4.34 Å². The molecule has 0 spiro atoms. The van der Waals surface area contributed by atoms with E-state index >= 15 is 0 Å². The summed E-state index contributed by atoms with van der Waals surface area (Å²) in [4.78, 5) is 22.1. The van der Waals surface area contributed by atoms with Crippen LogP contribution in [0.25, 0.3) is 11.3 Å². The molecule has 2 fully saturated rings. The predicted molar refractivity (Wildman–Crippen MR) is 161 cm³/mol. The number of carbonyl (C=O) groups excluding carboxylic acids is 1. The number of piperidine rings is 1. The fourth-order valence-electron chi connectivity index (χ4n) is 5.05. The molecular formula is C28H33Cl2N5OS2. The number of likely N-dealkylation sites (tertiary alicyclic amines) is 1. The number of anilines is 1. The Kier molecular flexibility index (Phi) is 9.51. The zero-order valence-electron chi connectivity index (χ0n) is 21.5. The molecule has 2 aliphatic rings. The SMILES string of the molecule is CN(c1cccc(-c2csc(SCC(=O)NC3CCN(Cc4ccc(Cl)c(Cl)c4)CC3)n2)c1)[C@H]1CCCN1. The summed E-state index contributed by atoms with van der Waals surface area (Å²) in [5.74, 6) is 0.453. The lowest BCUT2D eigenvalue weighted by Gasteiger charge is -2.32. The first kappa shape index (κ1) is 27.7. The second-order valence-corrected chi connectivity index (χ2v) is 12.8. The Morgan fingerprint density at radius 1 is 1.18 bits per heavy atom. The molecule has 6 nitrogen and oxygen atoms in total. The van der Waals surface area contributed by atoms with E-state index in [0.29, 0.717) is 22.0 Å². The standard InChI is InChI=1S/C28H33Cl2N5OS2/c1-34(26-6-3-11-31-26)22-5-2-4-20(15-22)25-17-37-28(33-25)38-18-27(36)32-21-9-12-35(13-10-21)16-19-7-8-23(29)24(30)14-19/h2,4-5,7-8,14-15,17,21,26,31H,3,6,9-13,16,18H2,1H3,(H,32,36)/t26-/m0/s1. The van der Waals surface area contributed by atoms with Crippen LogP contribution in [0.3, 0.4) is 0 Å². The fraction of sp³-hybridized carbons (Fsp3) is 0.429. The van der Waals surface area contributed by atoms with Crippen LogP contribution >= 0.6 is 46.3 Å². The highest BCUT2D eigenvalue weighted by Crippen LogP contribution is 2.31. The second kappa shape index (κ2) is 13.0. The molecule has 3 heterocycles. The van der Waals surface area contributed by atoms with Crippen LogP contribution in [0.1, 0.15) is 31.2 Å². The van der Waals surface area contributed by atoms with E-state index in [9.17, 15) is 4.79 Å². The normalized spacial score (nSPS) is 18.6. The minimum absolute atomic E-state index is 0.0716. The summed E-state index contributed by atoms with van der Waals surface area (Å²) in [6.07, 6.45) is 4.66. The number of amides is 1. The van der Waals surface area contributed by atoms with Gasteiger partial charge in [0.25, 0.3) is 0 Å². The van der Waals surface area contributed by atoms with Gasteiger partial charge in [-0.05, 0) is 62.1 Å². The van der Waals surface area contributed by atoms with Crippen LogP contribution in [-0.4, -0.2) is 60.4 Å². The molecule has 2 aliphatic heterocycles. The zero-order valence-corrected chi connectivity index (χ0v) is 24.6. The van der Waals surface area contributed by atoms with Crippen molar-refractivity contribution in [3.63, 3.8) is 0 Å². The highest BCUT2D eigenvalue weighted by molar-refractivity contribution is 8.01. The molecular weight excluding hydrogens is 557 g/mol. The van der Waals surface area contributed by atoms with E-state index in [1.165, 1.54) is 23.9 Å². The Morgan fingerprint density at radius 2 is 2.03 bits per heavy atom. The average molecular weight is 591 g/mol. The topological polar surface area (TPSA) is 60.5 Å². The van der Waals surface area contributed by atoms with Gasteiger partial charge in [0, 0.05) is 49.4 Å². The van der Waals surface area contributed by atoms with Crippen LogP contribution in [0, 0.1) is 0 Å². The number of hydrogen-bond acceptors (Lipinski definition) is 7. The maximum Gasteiger partial charge on any atom is 0.230 e. The third kappa shape index (κ3) is 7.23. The Balaban J connectivity index is 1.06. The van der Waals surface area contributed by atoms with Crippen LogP contribution in [-0.2, 0) is 11.3 Å². The molecule has 1 atom stereocenters. The van der Waals surface area contributed by atoms with Crippen molar-refractivity contribution in [1.29, 1.82) is 0 Å². The summed E-state index contributed by atoms with van der Waals surface area (Å²) in [7, 11) is 2.14. The third-order valence-electron chi connectivity index (χ3n) is 7.20. The number of nitrogens with zero attached hydrogens (tertiary/aromatic N) is 3. The smallest absolute Gasteiger partial charge is 0.230 e. The minimum Gasteiger partial charge on any atom is -0.359 e. The molecule has 5 rings (SSSR count). The third-order valence-corrected chi connectivity index (χ3v) is 9.96. The lowest BCUT2D eigenvalue weighted by molar-refractivity contribution is -0.119. The Morgan fingerprint density at radius 3 is 2.79 bits per heavy atom. The van der Waals surface area contributed by atoms with E-state index < -0.39 is 0 Å². The summed E-state index contributed by atoms with van der Waals surface area (Å²) < 4.78 is 0.919. The quantitative estimate of drug-likeness (QED) is 0.292. The van der Waals surface area contributed by atoms with Gasteiger partial charge in [0.1, 0.15) is 0 Å². The monoisotopic (exact) mass is 589 g/mol. The van der Waals surface area contributed by atoms with Crippen molar-refractivity contribution >= 4 is 57.9 Å². The van der Waals surface area contributed by atoms with Crippen molar-refractivity contribution in [1.82, 2.24) is 20.5 Å². The molecule has 10 heteroatoms. The van der Waals surface area contributed by atoms with Crippen LogP contribution in [0.15, 0.2) is 52.2 Å². The first-order chi connectivity index (χ1) is 18.4. The summed E-state index contributed by atoms with van der Waals surface area (Å²) in [5.41, 5.74) is 4.41. The van der Waals surface area contributed by atoms with E-state index in [1.807, 2.05) is 18.2 Å². The molecule has 2 saturated heterocycles. The predicted octanol–water partition coefficient (Wildman–Crippen LogP) is 6.14. The number of benzene rings is 2. The molecule has 0 radical (unpaired) electrons. The maximum absolute atomic E-state index is 12.6. The number of nitrogens with one attached hydrogen (secondary N) is 2. The van der Waals surface area contributed by atoms with E-state index in [2.05, 4.69) is 57.1 Å². The molecule has 2 N–H and O–H groups in total. The van der Waals surface area contributed by atoms with Crippen LogP contribution in [0.4, 0.5) is 5.69 Å². The zero-order chi connectivity index (χ0) is 26.5. The Hall–Kier alpha value is -1.81. The molecule has 0 bridgehead atoms. The van der Waals surface area contributed by atoms with Gasteiger partial charge in [0.05, 0.1) is 27.7 Å². The molecule has 1 amide bonds. The number of rotatable bonds is 9. The van der Waals surface area contributed by atoms with Gasteiger partial charge in [-0.3, -0.25) is 15.0 Å². The number of thioether (sulfide) groups is 1. The van der Waals surface area contributed by atoms with Crippen LogP contribution < -0.4 is 15.5 Å². The van der Waals surface area contributed by atoms with Gasteiger partial charge in [-0.2, -0.15) is 0 Å². The van der Waals surface area contributed by atoms with Crippen molar-refractivity contribution in [2.24, 2.45) is 0 Å². The van der Waals surface area contributed by atoms with E-state index in [1.54, 1.807) is 11.3 Å². The van der Waals surface area contributed by atoms with Gasteiger partial charge in [0.2, 0.25) is 5.91 Å². The average Bonchev–Trinajstić information content (AvgIpc) is 3.63. The van der Waals surface area contributed by atoms with Crippen molar-refractivity contribution in [3.05, 3.63) is 63.5 Å². The molecule has 0 saturated carbocycles. The molecule has 2 aromatic carbocycles. The van der Waals surface area contributed by atoms with Gasteiger partial charge >= 0.3 is 0 Å². The summed E-state index contributed by atoms with van der Waals surface area (Å²) in [5, 5.41) is 10.0. The van der Waals surface area contributed by atoms with E-state index in [-0.39, 0.29) is 11.9 Å². The van der Waals surface area contributed by atoms with E-state index in [4.69, 9.17) is 28.2 Å². The number of carbonyl (C=O) groups is 1. The molecule has 3 aromatic rings. The Labute approximate surface area is 243 Å². The number of halogens is 2. The van der Waals surface area contributed by atoms with Gasteiger partial charge in [-0.1, -0.05) is 53.2 Å². The largest absolute Gasteiger partial charge is 0.359 e. The summed E-state index contributed by atoms with van der Waals surface area (Å²) in [6, 6.07) is 14.6. The van der Waals surface area contributed by atoms with Crippen molar-refractivity contribution in [2.45, 2.75) is 48.8 Å². The van der Waals surface area contributed by atoms with Crippen LogP contribution in [0.5, 0.6) is 0 Å². The molecule has 0 unspecified atom stereocenters. The highest BCUT2D eigenvalue weighted by atomic mass is 35.5. The van der Waals surface area contributed by atoms with Crippen LogP contribution in [0.2, 0.25) is 10.0 Å². The molecule has 0 aliphatic carbocycles. The first-order valence-electron chi connectivity index (χ1n) is 13.1. The first-order valence-corrected chi connectivity index (χ1v) is 15.7. The minimum atomic E-state index is 0.0716.